The van der Waals surface area contributed by atoms with E-state index in [9.17, 15) is 0 Å². The molecular formula is C22H38N4O. The van der Waals surface area contributed by atoms with Gasteiger partial charge in [0, 0.05) is 32.2 Å². The molecule has 0 saturated carbocycles. The van der Waals surface area contributed by atoms with Gasteiger partial charge in [0.15, 0.2) is 5.96 Å². The third kappa shape index (κ3) is 6.73. The highest BCUT2D eigenvalue weighted by Crippen LogP contribution is 2.26. The summed E-state index contributed by atoms with van der Waals surface area (Å²) >= 11 is 0. The number of aliphatic imine (C=N–C) groups is 1. The van der Waals surface area contributed by atoms with Crippen LogP contribution in [0.1, 0.15) is 50.8 Å². The van der Waals surface area contributed by atoms with Crippen LogP contribution in [-0.4, -0.2) is 51.2 Å². The number of rotatable bonds is 7. The van der Waals surface area contributed by atoms with Gasteiger partial charge in [-0.25, -0.2) is 0 Å². The van der Waals surface area contributed by atoms with Crippen LogP contribution < -0.4 is 15.4 Å². The average Bonchev–Trinajstić information content (AvgIpc) is 2.64. The van der Waals surface area contributed by atoms with Crippen LogP contribution in [-0.2, 0) is 0 Å². The number of piperidine rings is 1. The molecule has 5 nitrogen and oxygen atoms in total. The number of hydrogen-bond acceptors (Lipinski definition) is 3. The van der Waals surface area contributed by atoms with Crippen LogP contribution >= 0.6 is 0 Å². The molecule has 1 aromatic rings. The minimum atomic E-state index is 0.120. The number of hydrogen-bond donors (Lipinski definition) is 2. The molecule has 2 N–H and O–H groups in total. The minimum Gasteiger partial charge on any atom is -0.496 e. The van der Waals surface area contributed by atoms with Gasteiger partial charge in [0.2, 0.25) is 0 Å². The zero-order chi connectivity index (χ0) is 19.8. The molecule has 5 heteroatoms. The molecule has 1 aliphatic heterocycles. The second kappa shape index (κ2) is 10.5. The van der Waals surface area contributed by atoms with E-state index in [-0.39, 0.29) is 6.04 Å². The summed E-state index contributed by atoms with van der Waals surface area (Å²) in [6, 6.07) is 6.41. The molecule has 0 aromatic heterocycles. The molecule has 0 spiro atoms. The molecule has 1 fully saturated rings. The maximum Gasteiger partial charge on any atom is 0.191 e. The highest BCUT2D eigenvalue weighted by atomic mass is 16.5. The van der Waals surface area contributed by atoms with Crippen molar-refractivity contribution in [2.45, 2.75) is 46.6 Å². The van der Waals surface area contributed by atoms with Gasteiger partial charge in [0.25, 0.3) is 0 Å². The van der Waals surface area contributed by atoms with Crippen molar-refractivity contribution in [2.24, 2.45) is 16.8 Å². The fourth-order valence-corrected chi connectivity index (χ4v) is 3.91. The molecule has 2 atom stereocenters. The van der Waals surface area contributed by atoms with Crippen molar-refractivity contribution in [3.05, 3.63) is 29.3 Å². The predicted molar refractivity (Wildman–Crippen MR) is 115 cm³/mol. The lowest BCUT2D eigenvalue weighted by molar-refractivity contribution is 0.159. The number of nitrogens with one attached hydrogen (secondary N) is 2. The van der Waals surface area contributed by atoms with E-state index in [2.05, 4.69) is 60.4 Å². The molecule has 1 heterocycles. The zero-order valence-electron chi connectivity index (χ0n) is 18.0. The summed E-state index contributed by atoms with van der Waals surface area (Å²) in [6.45, 7) is 13.4. The number of methoxy groups -OCH3 is 1. The largest absolute Gasteiger partial charge is 0.496 e. The zero-order valence-corrected chi connectivity index (χ0v) is 18.0. The molecule has 152 valence electrons. The number of likely N-dealkylation sites (tertiary alicyclic amines) is 1. The van der Waals surface area contributed by atoms with E-state index < -0.39 is 0 Å². The van der Waals surface area contributed by atoms with Crippen molar-refractivity contribution < 1.29 is 4.74 Å². The molecule has 2 rings (SSSR count). The van der Waals surface area contributed by atoms with E-state index in [1.807, 2.05) is 13.1 Å². The number of ether oxygens (including phenoxy) is 1. The SMILES string of the molecule is CN=C(NCC1CCCN(CC(C)C)C1)NC(C)c1cc(C)ccc1OC. The van der Waals surface area contributed by atoms with Gasteiger partial charge >= 0.3 is 0 Å². The monoisotopic (exact) mass is 374 g/mol. The number of guanidine groups is 1. The van der Waals surface area contributed by atoms with Crippen molar-refractivity contribution in [3.8, 4) is 5.75 Å². The third-order valence-electron chi connectivity index (χ3n) is 5.21. The van der Waals surface area contributed by atoms with Crippen molar-refractivity contribution in [1.29, 1.82) is 0 Å². The second-order valence-electron chi connectivity index (χ2n) is 8.23. The first-order valence-corrected chi connectivity index (χ1v) is 10.3. The van der Waals surface area contributed by atoms with E-state index in [1.165, 1.54) is 38.0 Å². The van der Waals surface area contributed by atoms with Gasteiger partial charge in [0.1, 0.15) is 5.75 Å². The Hall–Kier alpha value is -1.75. The summed E-state index contributed by atoms with van der Waals surface area (Å²) in [5.41, 5.74) is 2.39. The van der Waals surface area contributed by atoms with E-state index in [0.717, 1.165) is 29.7 Å². The summed E-state index contributed by atoms with van der Waals surface area (Å²) in [4.78, 5) is 7.03. The van der Waals surface area contributed by atoms with Gasteiger partial charge in [-0.2, -0.15) is 0 Å². The third-order valence-corrected chi connectivity index (χ3v) is 5.21. The Bertz CT molecular complexity index is 614. The Morgan fingerprint density at radius 3 is 2.78 bits per heavy atom. The van der Waals surface area contributed by atoms with Crippen LogP contribution in [0.25, 0.3) is 0 Å². The smallest absolute Gasteiger partial charge is 0.191 e. The van der Waals surface area contributed by atoms with Crippen LogP contribution in [0.2, 0.25) is 0 Å². The summed E-state index contributed by atoms with van der Waals surface area (Å²) in [7, 11) is 3.56. The number of aryl methyl sites for hydroxylation is 1. The number of benzene rings is 1. The van der Waals surface area contributed by atoms with E-state index in [0.29, 0.717) is 5.92 Å². The standard InChI is InChI=1S/C22H38N4O/c1-16(2)14-26-11-7-8-19(15-26)13-24-22(23-5)25-18(4)20-12-17(3)9-10-21(20)27-6/h9-10,12,16,18-19H,7-8,11,13-15H2,1-6H3,(H2,23,24,25). The molecule has 0 radical (unpaired) electrons. The normalized spacial score (nSPS) is 19.8. The Labute approximate surface area is 165 Å². The van der Waals surface area contributed by atoms with Crippen LogP contribution in [0.15, 0.2) is 23.2 Å². The predicted octanol–water partition coefficient (Wildman–Crippen LogP) is 3.60. The topological polar surface area (TPSA) is 48.9 Å². The highest BCUT2D eigenvalue weighted by Gasteiger charge is 2.21. The van der Waals surface area contributed by atoms with Crippen molar-refractivity contribution >= 4 is 5.96 Å². The average molecular weight is 375 g/mol. The van der Waals surface area contributed by atoms with Crippen LogP contribution in [0.4, 0.5) is 0 Å². The van der Waals surface area contributed by atoms with Crippen molar-refractivity contribution in [1.82, 2.24) is 15.5 Å². The molecule has 0 bridgehead atoms. The molecule has 1 aliphatic rings. The number of nitrogens with zero attached hydrogens (tertiary/aromatic N) is 2. The first kappa shape index (κ1) is 21.5. The van der Waals surface area contributed by atoms with Gasteiger partial charge in [-0.1, -0.05) is 31.5 Å². The van der Waals surface area contributed by atoms with Gasteiger partial charge in [-0.3, -0.25) is 4.99 Å². The quantitative estimate of drug-likeness (QED) is 0.566. The lowest BCUT2D eigenvalue weighted by atomic mass is 9.97. The molecule has 2 unspecified atom stereocenters. The fourth-order valence-electron chi connectivity index (χ4n) is 3.91. The summed E-state index contributed by atoms with van der Waals surface area (Å²) in [6.07, 6.45) is 2.59. The van der Waals surface area contributed by atoms with Crippen LogP contribution in [0.3, 0.4) is 0 Å². The summed E-state index contributed by atoms with van der Waals surface area (Å²) < 4.78 is 5.53. The fraction of sp³-hybridized carbons (Fsp3) is 0.682. The molecule has 1 aromatic carbocycles. The summed E-state index contributed by atoms with van der Waals surface area (Å²) in [5.74, 6) is 3.18. The Morgan fingerprint density at radius 1 is 1.33 bits per heavy atom. The maximum absolute atomic E-state index is 5.53. The minimum absolute atomic E-state index is 0.120. The van der Waals surface area contributed by atoms with Gasteiger partial charge in [0.05, 0.1) is 13.2 Å². The first-order chi connectivity index (χ1) is 12.9. The Kier molecular flexibility index (Phi) is 8.42. The Morgan fingerprint density at radius 2 is 2.11 bits per heavy atom. The van der Waals surface area contributed by atoms with Gasteiger partial charge in [-0.15, -0.1) is 0 Å². The van der Waals surface area contributed by atoms with Crippen molar-refractivity contribution in [3.63, 3.8) is 0 Å². The molecular weight excluding hydrogens is 336 g/mol. The molecule has 1 saturated heterocycles. The van der Waals surface area contributed by atoms with Gasteiger partial charge < -0.3 is 20.3 Å². The lowest BCUT2D eigenvalue weighted by Gasteiger charge is -2.34. The lowest BCUT2D eigenvalue weighted by Crippen LogP contribution is -2.45. The van der Waals surface area contributed by atoms with Crippen LogP contribution in [0.5, 0.6) is 5.75 Å². The molecule has 0 aliphatic carbocycles. The van der Waals surface area contributed by atoms with E-state index >= 15 is 0 Å². The van der Waals surface area contributed by atoms with E-state index in [4.69, 9.17) is 4.74 Å². The molecule has 0 amide bonds. The van der Waals surface area contributed by atoms with Crippen LogP contribution in [0, 0.1) is 18.8 Å². The summed E-state index contributed by atoms with van der Waals surface area (Å²) in [5, 5.41) is 7.05. The highest BCUT2D eigenvalue weighted by molar-refractivity contribution is 5.80. The second-order valence-corrected chi connectivity index (χ2v) is 8.23. The molecule has 27 heavy (non-hydrogen) atoms. The van der Waals surface area contributed by atoms with Gasteiger partial charge in [-0.05, 0) is 51.1 Å². The van der Waals surface area contributed by atoms with E-state index in [1.54, 1.807) is 7.11 Å². The maximum atomic E-state index is 5.53. The van der Waals surface area contributed by atoms with Crippen molar-refractivity contribution in [2.75, 3.05) is 40.3 Å². The Balaban J connectivity index is 1.89. The first-order valence-electron chi connectivity index (χ1n) is 10.3.